The predicted molar refractivity (Wildman–Crippen MR) is 107 cm³/mol. The fraction of sp³-hybridized carbons (Fsp3) is 0.286. The van der Waals surface area contributed by atoms with Crippen LogP contribution in [0.25, 0.3) is 10.9 Å². The lowest BCUT2D eigenvalue weighted by Crippen LogP contribution is -2.32. The number of fused-ring (bicyclic) bond motifs is 1. The number of aromatic amines is 1. The van der Waals surface area contributed by atoms with Crippen molar-refractivity contribution in [1.82, 2.24) is 14.9 Å². The van der Waals surface area contributed by atoms with E-state index in [4.69, 9.17) is 9.47 Å². The second-order valence-electron chi connectivity index (χ2n) is 6.52. The van der Waals surface area contributed by atoms with Crippen LogP contribution < -0.4 is 15.0 Å². The zero-order valence-corrected chi connectivity index (χ0v) is 16.7. The second-order valence-corrected chi connectivity index (χ2v) is 6.52. The number of nitrogens with one attached hydrogen (secondary N) is 1. The average molecular weight is 399 g/mol. The number of aromatic nitrogens is 2. The fourth-order valence-electron chi connectivity index (χ4n) is 3.01. The molecule has 0 aliphatic carbocycles. The summed E-state index contributed by atoms with van der Waals surface area (Å²) in [5.41, 5.74) is 0.779. The Morgan fingerprint density at radius 2 is 1.86 bits per heavy atom. The van der Waals surface area contributed by atoms with Crippen LogP contribution in [0.4, 0.5) is 4.39 Å². The van der Waals surface area contributed by atoms with E-state index in [2.05, 4.69) is 9.97 Å². The molecule has 1 amide bonds. The number of methoxy groups -OCH3 is 2. The highest BCUT2D eigenvalue weighted by atomic mass is 19.1. The summed E-state index contributed by atoms with van der Waals surface area (Å²) in [4.78, 5) is 33.9. The number of aryl methyl sites for hydroxylation is 1. The van der Waals surface area contributed by atoms with Crippen molar-refractivity contribution in [3.63, 3.8) is 0 Å². The first kappa shape index (κ1) is 20.3. The summed E-state index contributed by atoms with van der Waals surface area (Å²) in [5, 5.41) is 0.349. The third kappa shape index (κ3) is 4.06. The number of carbonyl (C=O) groups is 1. The smallest absolute Gasteiger partial charge is 0.258 e. The monoisotopic (exact) mass is 399 g/mol. The number of H-pyrrole nitrogens is 1. The van der Waals surface area contributed by atoms with Crippen LogP contribution in [0.5, 0.6) is 11.5 Å². The van der Waals surface area contributed by atoms with Gasteiger partial charge in [0, 0.05) is 18.2 Å². The van der Waals surface area contributed by atoms with Crippen LogP contribution in [0.3, 0.4) is 0 Å². The maximum absolute atomic E-state index is 13.8. The summed E-state index contributed by atoms with van der Waals surface area (Å²) in [6, 6.07) is 7.53. The van der Waals surface area contributed by atoms with Crippen molar-refractivity contribution in [3.05, 3.63) is 63.5 Å². The van der Waals surface area contributed by atoms with E-state index in [0.29, 0.717) is 40.3 Å². The zero-order chi connectivity index (χ0) is 21.1. The number of ether oxygens (including phenoxy) is 2. The standard InChI is InChI=1S/C21H22FN3O4/c1-5-25(21(27)13-7-6-12(2)15(22)8-13)11-19-23-16-10-18(29-4)17(28-3)9-14(16)20(26)24-19/h6-10H,5,11H2,1-4H3,(H,23,24,26). The van der Waals surface area contributed by atoms with Crippen LogP contribution in [0.1, 0.15) is 28.7 Å². The molecule has 0 unspecified atom stereocenters. The molecule has 29 heavy (non-hydrogen) atoms. The first-order valence-electron chi connectivity index (χ1n) is 9.08. The molecule has 3 aromatic rings. The van der Waals surface area contributed by atoms with Crippen molar-refractivity contribution >= 4 is 16.8 Å². The summed E-state index contributed by atoms with van der Waals surface area (Å²) in [6.45, 7) is 3.87. The molecule has 8 heteroatoms. The fourth-order valence-corrected chi connectivity index (χ4v) is 3.01. The zero-order valence-electron chi connectivity index (χ0n) is 16.7. The van der Waals surface area contributed by atoms with E-state index in [1.54, 1.807) is 38.1 Å². The van der Waals surface area contributed by atoms with E-state index in [-0.39, 0.29) is 23.6 Å². The van der Waals surface area contributed by atoms with E-state index in [1.165, 1.54) is 25.2 Å². The van der Waals surface area contributed by atoms with Crippen LogP contribution in [0.15, 0.2) is 35.1 Å². The molecule has 0 bridgehead atoms. The van der Waals surface area contributed by atoms with Crippen LogP contribution in [0.2, 0.25) is 0 Å². The van der Waals surface area contributed by atoms with Crippen molar-refractivity contribution in [3.8, 4) is 11.5 Å². The summed E-state index contributed by atoms with van der Waals surface area (Å²) in [7, 11) is 2.98. The van der Waals surface area contributed by atoms with Crippen molar-refractivity contribution in [1.29, 1.82) is 0 Å². The quantitative estimate of drug-likeness (QED) is 0.689. The molecule has 1 aromatic heterocycles. The summed E-state index contributed by atoms with van der Waals surface area (Å²) < 4.78 is 24.3. The lowest BCUT2D eigenvalue weighted by molar-refractivity contribution is 0.0748. The summed E-state index contributed by atoms with van der Waals surface area (Å²) >= 11 is 0. The van der Waals surface area contributed by atoms with Gasteiger partial charge in [0.2, 0.25) is 0 Å². The first-order valence-corrected chi connectivity index (χ1v) is 9.08. The van der Waals surface area contributed by atoms with E-state index < -0.39 is 5.82 Å². The molecule has 152 valence electrons. The second kappa shape index (κ2) is 8.30. The average Bonchev–Trinajstić information content (AvgIpc) is 2.72. The molecule has 0 atom stereocenters. The van der Waals surface area contributed by atoms with Gasteiger partial charge in [-0.05, 0) is 37.6 Å². The Kier molecular flexibility index (Phi) is 5.81. The highest BCUT2D eigenvalue weighted by Crippen LogP contribution is 2.30. The van der Waals surface area contributed by atoms with Gasteiger partial charge in [0.15, 0.2) is 11.5 Å². The van der Waals surface area contributed by atoms with Crippen molar-refractivity contribution in [2.24, 2.45) is 0 Å². The molecule has 0 fully saturated rings. The molecule has 0 aliphatic heterocycles. The molecule has 2 aromatic carbocycles. The van der Waals surface area contributed by atoms with Gasteiger partial charge in [0.25, 0.3) is 11.5 Å². The molecular formula is C21H22FN3O4. The van der Waals surface area contributed by atoms with Crippen LogP contribution >= 0.6 is 0 Å². The number of benzene rings is 2. The van der Waals surface area contributed by atoms with Gasteiger partial charge in [-0.1, -0.05) is 6.07 Å². The normalized spacial score (nSPS) is 10.8. The van der Waals surface area contributed by atoms with Crippen molar-refractivity contribution in [2.75, 3.05) is 20.8 Å². The topological polar surface area (TPSA) is 84.5 Å². The Balaban J connectivity index is 1.95. The summed E-state index contributed by atoms with van der Waals surface area (Å²) in [5.74, 6) is 0.401. The van der Waals surface area contributed by atoms with Gasteiger partial charge in [-0.25, -0.2) is 9.37 Å². The van der Waals surface area contributed by atoms with E-state index in [1.807, 2.05) is 0 Å². The Labute approximate surface area is 167 Å². The van der Waals surface area contributed by atoms with Gasteiger partial charge in [-0.3, -0.25) is 9.59 Å². The molecule has 1 heterocycles. The largest absolute Gasteiger partial charge is 0.493 e. The van der Waals surface area contributed by atoms with Gasteiger partial charge in [0.05, 0.1) is 31.7 Å². The number of hydrogen-bond donors (Lipinski definition) is 1. The Hall–Kier alpha value is -3.42. The lowest BCUT2D eigenvalue weighted by Gasteiger charge is -2.21. The number of nitrogens with zero attached hydrogens (tertiary/aromatic N) is 2. The molecule has 0 spiro atoms. The van der Waals surface area contributed by atoms with Crippen molar-refractivity contribution < 1.29 is 18.7 Å². The molecule has 1 N–H and O–H groups in total. The molecule has 3 rings (SSSR count). The first-order chi connectivity index (χ1) is 13.9. The van der Waals surface area contributed by atoms with E-state index in [9.17, 15) is 14.0 Å². The Bertz CT molecular complexity index is 1130. The lowest BCUT2D eigenvalue weighted by atomic mass is 10.1. The van der Waals surface area contributed by atoms with Gasteiger partial charge in [-0.15, -0.1) is 0 Å². The maximum atomic E-state index is 13.8. The maximum Gasteiger partial charge on any atom is 0.258 e. The third-order valence-electron chi connectivity index (χ3n) is 4.69. The highest BCUT2D eigenvalue weighted by Gasteiger charge is 2.18. The molecule has 0 saturated heterocycles. The van der Waals surface area contributed by atoms with E-state index >= 15 is 0 Å². The van der Waals surface area contributed by atoms with Gasteiger partial charge in [-0.2, -0.15) is 0 Å². The SMILES string of the molecule is CCN(Cc1nc2cc(OC)c(OC)cc2c(=O)[nH]1)C(=O)c1ccc(C)c(F)c1. The highest BCUT2D eigenvalue weighted by molar-refractivity contribution is 5.94. The van der Waals surface area contributed by atoms with E-state index in [0.717, 1.165) is 0 Å². The Morgan fingerprint density at radius 3 is 2.48 bits per heavy atom. The number of hydrogen-bond acceptors (Lipinski definition) is 5. The van der Waals surface area contributed by atoms with Crippen LogP contribution in [0, 0.1) is 12.7 Å². The van der Waals surface area contributed by atoms with Gasteiger partial charge < -0.3 is 19.4 Å². The molecule has 0 radical (unpaired) electrons. The minimum Gasteiger partial charge on any atom is -0.493 e. The number of halogens is 1. The van der Waals surface area contributed by atoms with Crippen LogP contribution in [-0.4, -0.2) is 41.5 Å². The summed E-state index contributed by atoms with van der Waals surface area (Å²) in [6.07, 6.45) is 0. The minimum absolute atomic E-state index is 0.0738. The van der Waals surface area contributed by atoms with Gasteiger partial charge >= 0.3 is 0 Å². The molecular weight excluding hydrogens is 377 g/mol. The Morgan fingerprint density at radius 1 is 1.17 bits per heavy atom. The van der Waals surface area contributed by atoms with Crippen LogP contribution in [-0.2, 0) is 6.54 Å². The minimum atomic E-state index is -0.440. The third-order valence-corrected chi connectivity index (χ3v) is 4.69. The molecule has 0 saturated carbocycles. The number of carbonyl (C=O) groups excluding carboxylic acids is 1. The number of amides is 1. The molecule has 0 aliphatic rings. The molecule has 7 nitrogen and oxygen atoms in total. The van der Waals surface area contributed by atoms with Crippen molar-refractivity contribution in [2.45, 2.75) is 20.4 Å². The number of rotatable bonds is 6. The predicted octanol–water partition coefficient (Wildman–Crippen LogP) is 3.05. The van der Waals surface area contributed by atoms with Gasteiger partial charge in [0.1, 0.15) is 11.6 Å².